The zero-order chi connectivity index (χ0) is 7.56. The van der Waals surface area contributed by atoms with E-state index in [1.807, 2.05) is 0 Å². The first-order chi connectivity index (χ1) is 4.74. The van der Waals surface area contributed by atoms with E-state index in [0.717, 1.165) is 19.4 Å². The number of nitrogens with one attached hydrogen (secondary N) is 1. The lowest BCUT2D eigenvalue weighted by atomic mass is 10.0. The van der Waals surface area contributed by atoms with Gasteiger partial charge in [-0.3, -0.25) is 4.79 Å². The fraction of sp³-hybridized carbons (Fsp3) is 0.857. The average molecular weight is 159 g/mol. The summed E-state index contributed by atoms with van der Waals surface area (Å²) in [6.45, 7) is 3.13. The van der Waals surface area contributed by atoms with E-state index in [4.69, 9.17) is 0 Å². The summed E-state index contributed by atoms with van der Waals surface area (Å²) >= 11 is 3.77. The van der Waals surface area contributed by atoms with E-state index in [1.54, 1.807) is 0 Å². The lowest BCUT2D eigenvalue weighted by Crippen LogP contribution is -2.26. The maximum Gasteiger partial charge on any atom is 0.202 e. The highest BCUT2D eigenvalue weighted by Gasteiger charge is 2.25. The van der Waals surface area contributed by atoms with E-state index >= 15 is 0 Å². The topological polar surface area (TPSA) is 29.1 Å². The molecule has 0 aromatic rings. The van der Waals surface area contributed by atoms with Crippen LogP contribution in [0.3, 0.4) is 0 Å². The van der Waals surface area contributed by atoms with Crippen LogP contribution in [-0.4, -0.2) is 17.7 Å². The molecular formula is C7H13NOS. The van der Waals surface area contributed by atoms with Gasteiger partial charge in [-0.15, -0.1) is 12.6 Å². The fourth-order valence-electron chi connectivity index (χ4n) is 1.31. The summed E-state index contributed by atoms with van der Waals surface area (Å²) in [4.78, 5) is 10.7. The minimum absolute atomic E-state index is 0.0176. The summed E-state index contributed by atoms with van der Waals surface area (Å²) in [5, 5.41) is 3.11. The van der Waals surface area contributed by atoms with E-state index in [1.165, 1.54) is 0 Å². The van der Waals surface area contributed by atoms with Crippen molar-refractivity contribution in [3.05, 3.63) is 0 Å². The maximum absolute atomic E-state index is 10.7. The van der Waals surface area contributed by atoms with Crippen LogP contribution in [0, 0.1) is 5.92 Å². The molecule has 1 rings (SSSR count). The van der Waals surface area contributed by atoms with Gasteiger partial charge in [0, 0.05) is 0 Å². The molecule has 1 N–H and O–H groups in total. The van der Waals surface area contributed by atoms with E-state index in [2.05, 4.69) is 24.9 Å². The Hall–Kier alpha value is -0.0200. The molecule has 1 aliphatic heterocycles. The molecule has 1 heterocycles. The first kappa shape index (κ1) is 8.08. The van der Waals surface area contributed by atoms with E-state index in [9.17, 15) is 4.79 Å². The third-order valence-electron chi connectivity index (χ3n) is 2.10. The lowest BCUT2D eigenvalue weighted by Gasteiger charge is -2.02. The Morgan fingerprint density at radius 1 is 1.80 bits per heavy atom. The number of hydrogen-bond donors (Lipinski definition) is 2. The summed E-state index contributed by atoms with van der Waals surface area (Å²) < 4.78 is 0. The molecule has 58 valence electrons. The minimum atomic E-state index is -0.0176. The van der Waals surface area contributed by atoms with Crippen molar-refractivity contribution in [3.63, 3.8) is 0 Å². The van der Waals surface area contributed by atoms with Crippen LogP contribution in [0.2, 0.25) is 0 Å². The molecule has 0 amide bonds. The molecule has 1 fully saturated rings. The van der Waals surface area contributed by atoms with Gasteiger partial charge in [-0.1, -0.05) is 13.3 Å². The highest BCUT2D eigenvalue weighted by atomic mass is 32.1. The Labute approximate surface area is 66.8 Å². The van der Waals surface area contributed by atoms with Crippen LogP contribution in [0.5, 0.6) is 0 Å². The van der Waals surface area contributed by atoms with Crippen LogP contribution >= 0.6 is 12.6 Å². The summed E-state index contributed by atoms with van der Waals surface area (Å²) in [5.41, 5.74) is 0. The number of rotatable bonds is 2. The molecule has 0 aromatic carbocycles. The molecule has 2 atom stereocenters. The van der Waals surface area contributed by atoms with E-state index in [0.29, 0.717) is 5.92 Å². The van der Waals surface area contributed by atoms with Crippen molar-refractivity contribution in [3.8, 4) is 0 Å². The Kier molecular flexibility index (Phi) is 2.74. The summed E-state index contributed by atoms with van der Waals surface area (Å²) in [6, 6.07) is 0.0216. The summed E-state index contributed by atoms with van der Waals surface area (Å²) in [7, 11) is 0. The van der Waals surface area contributed by atoms with Crippen LogP contribution in [-0.2, 0) is 4.79 Å². The van der Waals surface area contributed by atoms with Crippen LogP contribution in [0.25, 0.3) is 0 Å². The number of carbonyl (C=O) groups excluding carboxylic acids is 1. The first-order valence-electron chi connectivity index (χ1n) is 3.70. The Bertz CT molecular complexity index is 138. The zero-order valence-electron chi connectivity index (χ0n) is 6.13. The fourth-order valence-corrected chi connectivity index (χ4v) is 1.50. The molecule has 1 aliphatic rings. The first-order valence-corrected chi connectivity index (χ1v) is 4.15. The minimum Gasteiger partial charge on any atom is -0.306 e. The van der Waals surface area contributed by atoms with Crippen LogP contribution in [0.1, 0.15) is 19.8 Å². The Balaban J connectivity index is 2.35. The van der Waals surface area contributed by atoms with Crippen molar-refractivity contribution >= 4 is 17.7 Å². The molecule has 10 heavy (non-hydrogen) atoms. The van der Waals surface area contributed by atoms with Crippen molar-refractivity contribution in [2.75, 3.05) is 6.54 Å². The number of carbonyl (C=O) groups is 1. The zero-order valence-corrected chi connectivity index (χ0v) is 7.03. The average Bonchev–Trinajstić information content (AvgIpc) is 2.34. The van der Waals surface area contributed by atoms with Crippen molar-refractivity contribution < 1.29 is 4.79 Å². The monoisotopic (exact) mass is 159 g/mol. The SMILES string of the molecule is CCC1CNC(C(=O)S)C1. The molecule has 3 heteroatoms. The largest absolute Gasteiger partial charge is 0.306 e. The predicted molar refractivity (Wildman–Crippen MR) is 44.2 cm³/mol. The van der Waals surface area contributed by atoms with Crippen LogP contribution < -0.4 is 5.32 Å². The highest BCUT2D eigenvalue weighted by molar-refractivity contribution is 7.96. The van der Waals surface area contributed by atoms with Crippen LogP contribution in [0.15, 0.2) is 0 Å². The molecule has 0 radical (unpaired) electrons. The summed E-state index contributed by atoms with van der Waals surface area (Å²) in [6.07, 6.45) is 2.13. The van der Waals surface area contributed by atoms with Gasteiger partial charge in [0.05, 0.1) is 6.04 Å². The van der Waals surface area contributed by atoms with Gasteiger partial charge in [-0.05, 0) is 18.9 Å². The molecule has 2 unspecified atom stereocenters. The van der Waals surface area contributed by atoms with Crippen LogP contribution in [0.4, 0.5) is 0 Å². The molecule has 0 saturated carbocycles. The molecular weight excluding hydrogens is 146 g/mol. The third kappa shape index (κ3) is 1.73. The van der Waals surface area contributed by atoms with Gasteiger partial charge in [0.1, 0.15) is 0 Å². The molecule has 1 saturated heterocycles. The van der Waals surface area contributed by atoms with Gasteiger partial charge in [0.2, 0.25) is 5.12 Å². The van der Waals surface area contributed by atoms with Gasteiger partial charge in [-0.2, -0.15) is 0 Å². The van der Waals surface area contributed by atoms with Gasteiger partial charge in [0.15, 0.2) is 0 Å². The molecule has 0 bridgehead atoms. The second-order valence-electron chi connectivity index (χ2n) is 2.81. The second-order valence-corrected chi connectivity index (χ2v) is 3.25. The number of thiol groups is 1. The lowest BCUT2D eigenvalue weighted by molar-refractivity contribution is -0.112. The molecule has 0 spiro atoms. The molecule has 2 nitrogen and oxygen atoms in total. The van der Waals surface area contributed by atoms with Crippen molar-refractivity contribution in [1.82, 2.24) is 5.32 Å². The quantitative estimate of drug-likeness (QED) is 0.584. The van der Waals surface area contributed by atoms with Gasteiger partial charge < -0.3 is 5.32 Å². The van der Waals surface area contributed by atoms with Gasteiger partial charge in [-0.25, -0.2) is 0 Å². The Morgan fingerprint density at radius 2 is 2.50 bits per heavy atom. The van der Waals surface area contributed by atoms with Gasteiger partial charge in [0.25, 0.3) is 0 Å². The van der Waals surface area contributed by atoms with Crippen molar-refractivity contribution in [2.45, 2.75) is 25.8 Å². The number of hydrogen-bond acceptors (Lipinski definition) is 2. The smallest absolute Gasteiger partial charge is 0.202 e. The summed E-state index contributed by atoms with van der Waals surface area (Å²) in [5.74, 6) is 0.682. The molecule has 0 aromatic heterocycles. The van der Waals surface area contributed by atoms with E-state index in [-0.39, 0.29) is 11.2 Å². The van der Waals surface area contributed by atoms with Crippen molar-refractivity contribution in [1.29, 1.82) is 0 Å². The normalized spacial score (nSPS) is 32.6. The van der Waals surface area contributed by atoms with E-state index < -0.39 is 0 Å². The Morgan fingerprint density at radius 3 is 2.80 bits per heavy atom. The third-order valence-corrected chi connectivity index (χ3v) is 2.41. The standard InChI is InChI=1S/C7H13NOS/c1-2-5-3-6(7(9)10)8-4-5/h5-6,8H,2-4H2,1H3,(H,9,10). The van der Waals surface area contributed by atoms with Crippen molar-refractivity contribution in [2.24, 2.45) is 5.92 Å². The maximum atomic E-state index is 10.7. The second kappa shape index (κ2) is 3.39. The highest BCUT2D eigenvalue weighted by Crippen LogP contribution is 2.17. The molecule has 0 aliphatic carbocycles. The predicted octanol–water partition coefficient (Wildman–Crippen LogP) is 0.831. The van der Waals surface area contributed by atoms with Gasteiger partial charge >= 0.3 is 0 Å².